The summed E-state index contributed by atoms with van der Waals surface area (Å²) in [6.07, 6.45) is 6.86. The van der Waals surface area contributed by atoms with Crippen LogP contribution in [0.5, 0.6) is 5.75 Å². The lowest BCUT2D eigenvalue weighted by molar-refractivity contribution is -0.128. The Labute approximate surface area is 136 Å². The zero-order valence-electron chi connectivity index (χ0n) is 13.5. The first-order valence-corrected chi connectivity index (χ1v) is 8.16. The highest BCUT2D eigenvalue weighted by atomic mass is 16.5. The van der Waals surface area contributed by atoms with Crippen molar-refractivity contribution in [2.45, 2.75) is 44.1 Å². The number of hydrogen-bond acceptors (Lipinski definition) is 3. The van der Waals surface area contributed by atoms with Crippen molar-refractivity contribution in [3.05, 3.63) is 47.8 Å². The maximum Gasteiger partial charge on any atom is 0.230 e. The zero-order chi connectivity index (χ0) is 16.1. The Morgan fingerprint density at radius 1 is 1.22 bits per heavy atom. The van der Waals surface area contributed by atoms with E-state index in [1.807, 2.05) is 30.3 Å². The lowest BCUT2D eigenvalue weighted by Gasteiger charge is -2.36. The predicted octanol–water partition coefficient (Wildman–Crippen LogP) is 2.94. The van der Waals surface area contributed by atoms with Gasteiger partial charge < -0.3 is 10.1 Å². The molecule has 1 aliphatic carbocycles. The fourth-order valence-electron chi connectivity index (χ4n) is 3.44. The van der Waals surface area contributed by atoms with E-state index in [1.54, 1.807) is 13.3 Å². The third kappa shape index (κ3) is 3.23. The monoisotopic (exact) mass is 313 g/mol. The highest BCUT2D eigenvalue weighted by Gasteiger charge is 2.40. The van der Waals surface area contributed by atoms with Crippen molar-refractivity contribution in [2.24, 2.45) is 0 Å². The molecule has 1 fully saturated rings. The lowest BCUT2D eigenvalue weighted by Crippen LogP contribution is -2.45. The van der Waals surface area contributed by atoms with Crippen LogP contribution in [0.25, 0.3) is 0 Å². The maximum atomic E-state index is 13.0. The smallest absolute Gasteiger partial charge is 0.230 e. The quantitative estimate of drug-likeness (QED) is 0.892. The number of ether oxygens (including phenoxy) is 1. The average molecular weight is 313 g/mol. The van der Waals surface area contributed by atoms with Gasteiger partial charge in [-0.3, -0.25) is 9.89 Å². The second kappa shape index (κ2) is 6.86. The van der Waals surface area contributed by atoms with Crippen LogP contribution >= 0.6 is 0 Å². The molecule has 1 saturated carbocycles. The first kappa shape index (κ1) is 15.6. The molecule has 1 aromatic heterocycles. The van der Waals surface area contributed by atoms with Crippen molar-refractivity contribution in [3.63, 3.8) is 0 Å². The van der Waals surface area contributed by atoms with Crippen molar-refractivity contribution < 1.29 is 9.53 Å². The highest BCUT2D eigenvalue weighted by molar-refractivity contribution is 5.88. The maximum absolute atomic E-state index is 13.0. The number of aromatic nitrogens is 2. The molecule has 3 rings (SSSR count). The molecule has 5 heteroatoms. The minimum atomic E-state index is -0.426. The Kier molecular flexibility index (Phi) is 4.65. The summed E-state index contributed by atoms with van der Waals surface area (Å²) in [7, 11) is 1.66. The van der Waals surface area contributed by atoms with E-state index in [9.17, 15) is 4.79 Å². The number of aromatic amines is 1. The summed E-state index contributed by atoms with van der Waals surface area (Å²) in [5.74, 6) is 0.926. The molecule has 1 amide bonds. The van der Waals surface area contributed by atoms with Crippen molar-refractivity contribution in [1.29, 1.82) is 0 Å². The molecule has 0 atom stereocenters. The van der Waals surface area contributed by atoms with E-state index < -0.39 is 5.41 Å². The standard InChI is InChI=1S/C18H23N3O2/c1-23-16-7-5-14(6-8-16)18(10-3-2-4-11-18)17(22)19-13-15-9-12-20-21-15/h5-9,12H,2-4,10-11,13H2,1H3,(H,19,22)(H,20,21). The summed E-state index contributed by atoms with van der Waals surface area (Å²) in [5.41, 5.74) is 1.57. The van der Waals surface area contributed by atoms with Crippen molar-refractivity contribution in [3.8, 4) is 5.75 Å². The summed E-state index contributed by atoms with van der Waals surface area (Å²) >= 11 is 0. The van der Waals surface area contributed by atoms with E-state index in [2.05, 4.69) is 15.5 Å². The number of nitrogens with one attached hydrogen (secondary N) is 2. The van der Waals surface area contributed by atoms with Gasteiger partial charge in [-0.1, -0.05) is 31.4 Å². The number of nitrogens with zero attached hydrogens (tertiary/aromatic N) is 1. The topological polar surface area (TPSA) is 67.0 Å². The largest absolute Gasteiger partial charge is 0.497 e. The number of methoxy groups -OCH3 is 1. The molecule has 0 radical (unpaired) electrons. The average Bonchev–Trinajstić information content (AvgIpc) is 3.14. The van der Waals surface area contributed by atoms with E-state index >= 15 is 0 Å². The van der Waals surface area contributed by atoms with Crippen LogP contribution < -0.4 is 10.1 Å². The normalized spacial score (nSPS) is 16.7. The Bertz CT molecular complexity index is 629. The highest BCUT2D eigenvalue weighted by Crippen LogP contribution is 2.40. The van der Waals surface area contributed by atoms with Crippen LogP contribution in [0.4, 0.5) is 0 Å². The third-order valence-electron chi connectivity index (χ3n) is 4.78. The van der Waals surface area contributed by atoms with Gasteiger partial charge in [0.1, 0.15) is 5.75 Å². The van der Waals surface area contributed by atoms with E-state index in [4.69, 9.17) is 4.74 Å². The Morgan fingerprint density at radius 3 is 2.57 bits per heavy atom. The molecule has 122 valence electrons. The predicted molar refractivity (Wildman–Crippen MR) is 88.2 cm³/mol. The first-order valence-electron chi connectivity index (χ1n) is 8.16. The minimum absolute atomic E-state index is 0.108. The second-order valence-electron chi connectivity index (χ2n) is 6.14. The molecular weight excluding hydrogens is 290 g/mol. The van der Waals surface area contributed by atoms with E-state index in [-0.39, 0.29) is 5.91 Å². The molecule has 5 nitrogen and oxygen atoms in total. The van der Waals surface area contributed by atoms with Crippen molar-refractivity contribution in [2.75, 3.05) is 7.11 Å². The van der Waals surface area contributed by atoms with Crippen LogP contribution in [-0.2, 0) is 16.8 Å². The van der Waals surface area contributed by atoms with Gasteiger partial charge in [0.05, 0.1) is 24.8 Å². The van der Waals surface area contributed by atoms with Gasteiger partial charge in [0.25, 0.3) is 0 Å². The number of H-pyrrole nitrogens is 1. The van der Waals surface area contributed by atoms with Crippen molar-refractivity contribution >= 4 is 5.91 Å². The molecule has 0 bridgehead atoms. The Hall–Kier alpha value is -2.30. The van der Waals surface area contributed by atoms with Gasteiger partial charge in [0, 0.05) is 6.20 Å². The van der Waals surface area contributed by atoms with Crippen LogP contribution in [0.2, 0.25) is 0 Å². The summed E-state index contributed by atoms with van der Waals surface area (Å²) in [6, 6.07) is 9.81. The molecular formula is C18H23N3O2. The molecule has 0 saturated heterocycles. The van der Waals surface area contributed by atoms with Gasteiger partial charge in [-0.15, -0.1) is 0 Å². The van der Waals surface area contributed by atoms with Crippen LogP contribution in [0, 0.1) is 0 Å². The van der Waals surface area contributed by atoms with Crippen LogP contribution in [0.15, 0.2) is 36.5 Å². The number of carbonyl (C=O) groups excluding carboxylic acids is 1. The number of amides is 1. The molecule has 0 aliphatic heterocycles. The molecule has 1 heterocycles. The van der Waals surface area contributed by atoms with Gasteiger partial charge in [0.15, 0.2) is 0 Å². The summed E-state index contributed by atoms with van der Waals surface area (Å²) < 4.78 is 5.23. The van der Waals surface area contributed by atoms with Gasteiger partial charge in [-0.2, -0.15) is 5.10 Å². The van der Waals surface area contributed by atoms with Gasteiger partial charge in [-0.25, -0.2) is 0 Å². The fraction of sp³-hybridized carbons (Fsp3) is 0.444. The van der Waals surface area contributed by atoms with Crippen molar-refractivity contribution in [1.82, 2.24) is 15.5 Å². The van der Waals surface area contributed by atoms with Crippen LogP contribution in [-0.4, -0.2) is 23.2 Å². The van der Waals surface area contributed by atoms with E-state index in [0.717, 1.165) is 42.7 Å². The molecule has 0 spiro atoms. The second-order valence-corrected chi connectivity index (χ2v) is 6.14. The van der Waals surface area contributed by atoms with Gasteiger partial charge in [0.2, 0.25) is 5.91 Å². The number of benzene rings is 1. The molecule has 1 aliphatic rings. The first-order chi connectivity index (χ1) is 11.2. The number of carbonyl (C=O) groups is 1. The summed E-state index contributed by atoms with van der Waals surface area (Å²) in [6.45, 7) is 0.483. The fourth-order valence-corrected chi connectivity index (χ4v) is 3.44. The molecule has 1 aromatic carbocycles. The van der Waals surface area contributed by atoms with Gasteiger partial charge in [-0.05, 0) is 36.6 Å². The van der Waals surface area contributed by atoms with Crippen LogP contribution in [0.1, 0.15) is 43.4 Å². The minimum Gasteiger partial charge on any atom is -0.497 e. The Balaban J connectivity index is 1.81. The molecule has 23 heavy (non-hydrogen) atoms. The SMILES string of the molecule is COc1ccc(C2(C(=O)NCc3ccn[nH]3)CCCCC2)cc1. The molecule has 0 unspecified atom stereocenters. The lowest BCUT2D eigenvalue weighted by atomic mass is 9.68. The zero-order valence-corrected chi connectivity index (χ0v) is 13.5. The van der Waals surface area contributed by atoms with E-state index in [0.29, 0.717) is 6.54 Å². The van der Waals surface area contributed by atoms with E-state index in [1.165, 1.54) is 6.42 Å². The molecule has 2 aromatic rings. The summed E-state index contributed by atoms with van der Waals surface area (Å²) in [4.78, 5) is 13.0. The van der Waals surface area contributed by atoms with Gasteiger partial charge >= 0.3 is 0 Å². The van der Waals surface area contributed by atoms with Crippen LogP contribution in [0.3, 0.4) is 0 Å². The number of hydrogen-bond donors (Lipinski definition) is 2. The Morgan fingerprint density at radius 2 is 1.96 bits per heavy atom. The summed E-state index contributed by atoms with van der Waals surface area (Å²) in [5, 5.41) is 9.88. The number of rotatable bonds is 5. The molecule has 2 N–H and O–H groups in total. The third-order valence-corrected chi connectivity index (χ3v) is 4.78.